The highest BCUT2D eigenvalue weighted by molar-refractivity contribution is 7.13. The number of anilines is 1. The molecule has 2 aromatic heterocycles. The molecule has 3 rings (SSSR count). The van der Waals surface area contributed by atoms with Crippen molar-refractivity contribution in [2.45, 2.75) is 6.92 Å². The summed E-state index contributed by atoms with van der Waals surface area (Å²) in [5.74, 6) is -0.804. The van der Waals surface area contributed by atoms with Crippen molar-refractivity contribution >= 4 is 17.2 Å². The van der Waals surface area contributed by atoms with Gasteiger partial charge in [0.25, 0.3) is 0 Å². The van der Waals surface area contributed by atoms with Crippen molar-refractivity contribution in [2.75, 3.05) is 5.73 Å². The predicted molar refractivity (Wildman–Crippen MR) is 74.3 cm³/mol. The highest BCUT2D eigenvalue weighted by atomic mass is 32.1. The number of halogens is 2. The van der Waals surface area contributed by atoms with Gasteiger partial charge in [-0.05, 0) is 41.6 Å². The van der Waals surface area contributed by atoms with Crippen molar-refractivity contribution in [1.29, 1.82) is 0 Å². The van der Waals surface area contributed by atoms with E-state index in [1.807, 2.05) is 18.4 Å². The topological polar surface area (TPSA) is 52.0 Å². The van der Waals surface area contributed by atoms with Crippen molar-refractivity contribution in [2.24, 2.45) is 0 Å². The average molecular weight is 292 g/mol. The minimum Gasteiger partial charge on any atom is -0.380 e. The van der Waals surface area contributed by atoms with E-state index < -0.39 is 11.6 Å². The molecule has 20 heavy (non-hydrogen) atoms. The van der Waals surface area contributed by atoms with Crippen LogP contribution in [0.15, 0.2) is 34.2 Å². The van der Waals surface area contributed by atoms with E-state index in [-0.39, 0.29) is 5.82 Å². The number of hydrogen-bond acceptors (Lipinski definition) is 4. The Labute approximate surface area is 117 Å². The second kappa shape index (κ2) is 4.72. The van der Waals surface area contributed by atoms with Crippen molar-refractivity contribution in [3.8, 4) is 21.8 Å². The lowest BCUT2D eigenvalue weighted by molar-refractivity contribution is 0.437. The average Bonchev–Trinajstić information content (AvgIpc) is 2.93. The summed E-state index contributed by atoms with van der Waals surface area (Å²) in [7, 11) is 0. The van der Waals surface area contributed by atoms with E-state index in [4.69, 9.17) is 10.3 Å². The molecule has 3 aromatic rings. The molecule has 0 aliphatic rings. The molecular formula is C14H10F2N2OS. The fraction of sp³-hybridized carbons (Fsp3) is 0.0714. The van der Waals surface area contributed by atoms with Crippen LogP contribution in [0.25, 0.3) is 21.8 Å². The second-order valence-electron chi connectivity index (χ2n) is 4.36. The zero-order valence-electron chi connectivity index (χ0n) is 10.5. The van der Waals surface area contributed by atoms with Gasteiger partial charge in [-0.3, -0.25) is 0 Å². The van der Waals surface area contributed by atoms with Crippen molar-refractivity contribution in [3.05, 3.63) is 46.8 Å². The SMILES string of the molecule is Cc1ccsc1-c1onc(N)c1-c1cc(F)cc(F)c1. The Morgan fingerprint density at radius 2 is 1.90 bits per heavy atom. The molecule has 0 unspecified atom stereocenters. The van der Waals surface area contributed by atoms with Crippen LogP contribution in [-0.4, -0.2) is 5.16 Å². The van der Waals surface area contributed by atoms with Gasteiger partial charge in [-0.1, -0.05) is 5.16 Å². The summed E-state index contributed by atoms with van der Waals surface area (Å²) >= 11 is 1.46. The summed E-state index contributed by atoms with van der Waals surface area (Å²) in [6.45, 7) is 1.92. The van der Waals surface area contributed by atoms with E-state index in [2.05, 4.69) is 5.16 Å². The van der Waals surface area contributed by atoms with Gasteiger partial charge in [0.1, 0.15) is 11.6 Å². The summed E-state index contributed by atoms with van der Waals surface area (Å²) in [6.07, 6.45) is 0. The Bertz CT molecular complexity index is 759. The van der Waals surface area contributed by atoms with Crippen LogP contribution in [0.4, 0.5) is 14.6 Å². The quantitative estimate of drug-likeness (QED) is 0.768. The van der Waals surface area contributed by atoms with Crippen LogP contribution in [0, 0.1) is 18.6 Å². The van der Waals surface area contributed by atoms with Crippen LogP contribution in [0.1, 0.15) is 5.56 Å². The van der Waals surface area contributed by atoms with Gasteiger partial charge in [0.15, 0.2) is 11.6 Å². The monoisotopic (exact) mass is 292 g/mol. The summed E-state index contributed by atoms with van der Waals surface area (Å²) in [6, 6.07) is 5.15. The molecule has 0 bridgehead atoms. The van der Waals surface area contributed by atoms with Crippen molar-refractivity contribution in [3.63, 3.8) is 0 Å². The molecule has 2 N–H and O–H groups in total. The first-order chi connectivity index (χ1) is 9.56. The van der Waals surface area contributed by atoms with E-state index in [9.17, 15) is 8.78 Å². The largest absolute Gasteiger partial charge is 0.380 e. The van der Waals surface area contributed by atoms with E-state index in [0.29, 0.717) is 16.9 Å². The fourth-order valence-electron chi connectivity index (χ4n) is 2.04. The molecule has 102 valence electrons. The van der Waals surface area contributed by atoms with Crippen LogP contribution in [0.2, 0.25) is 0 Å². The Morgan fingerprint density at radius 3 is 2.50 bits per heavy atom. The van der Waals surface area contributed by atoms with Crippen LogP contribution in [-0.2, 0) is 0 Å². The van der Waals surface area contributed by atoms with Crippen molar-refractivity contribution in [1.82, 2.24) is 5.16 Å². The van der Waals surface area contributed by atoms with Crippen LogP contribution in [0.5, 0.6) is 0 Å². The number of thiophene rings is 1. The molecule has 0 saturated carbocycles. The third-order valence-electron chi connectivity index (χ3n) is 2.94. The standard InChI is InChI=1S/C14H10F2N2OS/c1-7-2-3-20-13(7)12-11(14(17)18-19-12)8-4-9(15)6-10(16)5-8/h2-6H,1H3,(H2,17,18). The third kappa shape index (κ3) is 2.08. The summed E-state index contributed by atoms with van der Waals surface area (Å²) < 4.78 is 32.0. The smallest absolute Gasteiger partial charge is 0.187 e. The number of nitrogen functional groups attached to an aromatic ring is 1. The molecule has 2 heterocycles. The Balaban J connectivity index is 2.24. The number of benzene rings is 1. The Morgan fingerprint density at radius 1 is 1.20 bits per heavy atom. The Kier molecular flexibility index (Phi) is 3.02. The van der Waals surface area contributed by atoms with Crippen LogP contribution < -0.4 is 5.73 Å². The van der Waals surface area contributed by atoms with Crippen LogP contribution >= 0.6 is 11.3 Å². The van der Waals surface area contributed by atoms with Gasteiger partial charge in [0.2, 0.25) is 0 Å². The van der Waals surface area contributed by atoms with Gasteiger partial charge in [-0.2, -0.15) is 0 Å². The summed E-state index contributed by atoms with van der Waals surface area (Å²) in [5, 5.41) is 5.62. The maximum atomic E-state index is 13.4. The van der Waals surface area contributed by atoms with E-state index in [0.717, 1.165) is 16.5 Å². The number of rotatable bonds is 2. The number of hydrogen-bond donors (Lipinski definition) is 1. The molecular weight excluding hydrogens is 282 g/mol. The highest BCUT2D eigenvalue weighted by Crippen LogP contribution is 2.40. The molecule has 1 aromatic carbocycles. The molecule has 0 saturated heterocycles. The fourth-order valence-corrected chi connectivity index (χ4v) is 2.95. The second-order valence-corrected chi connectivity index (χ2v) is 5.28. The summed E-state index contributed by atoms with van der Waals surface area (Å²) in [5.41, 5.74) is 7.50. The number of aryl methyl sites for hydroxylation is 1. The first-order valence-electron chi connectivity index (χ1n) is 5.82. The molecule has 0 atom stereocenters. The first kappa shape index (κ1) is 12.8. The van der Waals surface area contributed by atoms with Gasteiger partial charge in [-0.25, -0.2) is 8.78 Å². The van der Waals surface area contributed by atoms with Gasteiger partial charge >= 0.3 is 0 Å². The number of nitrogens with two attached hydrogens (primary N) is 1. The first-order valence-corrected chi connectivity index (χ1v) is 6.70. The third-order valence-corrected chi connectivity index (χ3v) is 3.95. The zero-order valence-corrected chi connectivity index (χ0v) is 11.3. The molecule has 0 amide bonds. The van der Waals surface area contributed by atoms with Crippen LogP contribution in [0.3, 0.4) is 0 Å². The molecule has 0 aliphatic heterocycles. The Hall–Kier alpha value is -2.21. The maximum Gasteiger partial charge on any atom is 0.187 e. The maximum absolute atomic E-state index is 13.4. The van der Waals surface area contributed by atoms with E-state index >= 15 is 0 Å². The van der Waals surface area contributed by atoms with Gasteiger partial charge in [-0.15, -0.1) is 11.3 Å². The summed E-state index contributed by atoms with van der Waals surface area (Å²) in [4.78, 5) is 0.842. The lowest BCUT2D eigenvalue weighted by Crippen LogP contribution is -1.90. The lowest BCUT2D eigenvalue weighted by Gasteiger charge is -2.03. The van der Waals surface area contributed by atoms with Crippen molar-refractivity contribution < 1.29 is 13.3 Å². The number of nitrogens with zero attached hydrogens (tertiary/aromatic N) is 1. The molecule has 6 heteroatoms. The molecule has 0 radical (unpaired) electrons. The van der Waals surface area contributed by atoms with Gasteiger partial charge < -0.3 is 10.3 Å². The molecule has 0 fully saturated rings. The normalized spacial score (nSPS) is 10.9. The lowest BCUT2D eigenvalue weighted by atomic mass is 10.0. The van der Waals surface area contributed by atoms with E-state index in [1.54, 1.807) is 0 Å². The minimum atomic E-state index is -0.672. The molecule has 0 spiro atoms. The number of aromatic nitrogens is 1. The minimum absolute atomic E-state index is 0.109. The molecule has 0 aliphatic carbocycles. The predicted octanol–water partition coefficient (Wildman–Crippen LogP) is 4.24. The highest BCUT2D eigenvalue weighted by Gasteiger charge is 2.21. The molecule has 3 nitrogen and oxygen atoms in total. The van der Waals surface area contributed by atoms with E-state index in [1.165, 1.54) is 23.5 Å². The zero-order chi connectivity index (χ0) is 14.3. The van der Waals surface area contributed by atoms with Gasteiger partial charge in [0.05, 0.1) is 10.4 Å². The van der Waals surface area contributed by atoms with Gasteiger partial charge in [0, 0.05) is 6.07 Å².